The first-order valence-corrected chi connectivity index (χ1v) is 8.96. The fraction of sp³-hybridized carbons (Fsp3) is 0.467. The number of sulfonamides is 1. The second-order valence-corrected chi connectivity index (χ2v) is 7.16. The minimum Gasteiger partial charge on any atom is -0.446 e. The SMILES string of the molecule is CC(=O)Nc1ccc(S(=O)(=O)NC(=O)OC2CCCCC2)cc1. The molecule has 0 radical (unpaired) electrons. The molecule has 2 rings (SSSR count). The van der Waals surface area contributed by atoms with Gasteiger partial charge in [-0.1, -0.05) is 6.42 Å². The molecule has 0 unspecified atom stereocenters. The Balaban J connectivity index is 1.97. The Morgan fingerprint density at radius 1 is 1.09 bits per heavy atom. The highest BCUT2D eigenvalue weighted by atomic mass is 32.2. The van der Waals surface area contributed by atoms with E-state index in [1.807, 2.05) is 4.72 Å². The molecule has 1 aliphatic carbocycles. The number of rotatable bonds is 4. The molecule has 8 heteroatoms. The van der Waals surface area contributed by atoms with Crippen molar-refractivity contribution in [2.75, 3.05) is 5.32 Å². The Morgan fingerprint density at radius 3 is 2.26 bits per heavy atom. The van der Waals surface area contributed by atoms with E-state index >= 15 is 0 Å². The number of carbonyl (C=O) groups excluding carboxylic acids is 2. The molecular weight excluding hydrogens is 320 g/mol. The molecule has 2 N–H and O–H groups in total. The molecule has 0 atom stereocenters. The number of hydrogen-bond acceptors (Lipinski definition) is 5. The number of nitrogens with one attached hydrogen (secondary N) is 2. The zero-order chi connectivity index (χ0) is 16.9. The number of anilines is 1. The Labute approximate surface area is 135 Å². The number of ether oxygens (including phenoxy) is 1. The first-order valence-electron chi connectivity index (χ1n) is 7.48. The summed E-state index contributed by atoms with van der Waals surface area (Å²) >= 11 is 0. The first-order chi connectivity index (χ1) is 10.9. The summed E-state index contributed by atoms with van der Waals surface area (Å²) in [4.78, 5) is 22.6. The Kier molecular flexibility index (Phi) is 5.59. The zero-order valence-electron chi connectivity index (χ0n) is 12.9. The normalized spacial score (nSPS) is 15.7. The van der Waals surface area contributed by atoms with Crippen LogP contribution in [0.25, 0.3) is 0 Å². The lowest BCUT2D eigenvalue weighted by atomic mass is 9.98. The molecule has 0 spiro atoms. The van der Waals surface area contributed by atoms with Crippen molar-refractivity contribution in [2.45, 2.75) is 50.0 Å². The van der Waals surface area contributed by atoms with Gasteiger partial charge >= 0.3 is 6.09 Å². The van der Waals surface area contributed by atoms with E-state index in [4.69, 9.17) is 4.74 Å². The van der Waals surface area contributed by atoms with Gasteiger partial charge in [0.25, 0.3) is 10.0 Å². The third-order valence-electron chi connectivity index (χ3n) is 3.53. The van der Waals surface area contributed by atoms with Crippen LogP contribution in [0.4, 0.5) is 10.5 Å². The quantitative estimate of drug-likeness (QED) is 0.876. The second-order valence-electron chi connectivity index (χ2n) is 5.48. The molecule has 7 nitrogen and oxygen atoms in total. The average Bonchev–Trinajstić information content (AvgIpc) is 2.47. The molecule has 0 aliphatic heterocycles. The molecule has 1 fully saturated rings. The van der Waals surface area contributed by atoms with Crippen LogP contribution in [0.15, 0.2) is 29.2 Å². The van der Waals surface area contributed by atoms with Crippen LogP contribution in [-0.4, -0.2) is 26.5 Å². The molecule has 0 saturated heterocycles. The number of benzene rings is 1. The van der Waals surface area contributed by atoms with Gasteiger partial charge in [0.2, 0.25) is 5.91 Å². The number of carbonyl (C=O) groups is 2. The third-order valence-corrected chi connectivity index (χ3v) is 4.86. The van der Waals surface area contributed by atoms with Gasteiger partial charge in [-0.3, -0.25) is 4.79 Å². The van der Waals surface area contributed by atoms with Crippen LogP contribution in [-0.2, 0) is 19.6 Å². The van der Waals surface area contributed by atoms with E-state index in [0.717, 1.165) is 32.1 Å². The van der Waals surface area contributed by atoms with Crippen LogP contribution >= 0.6 is 0 Å². The van der Waals surface area contributed by atoms with Crippen molar-refractivity contribution >= 4 is 27.7 Å². The van der Waals surface area contributed by atoms with Gasteiger partial charge in [0.15, 0.2) is 0 Å². The minimum atomic E-state index is -3.99. The molecule has 1 saturated carbocycles. The van der Waals surface area contributed by atoms with Gasteiger partial charge in [-0.25, -0.2) is 17.9 Å². The Morgan fingerprint density at radius 2 is 1.70 bits per heavy atom. The summed E-state index contributed by atoms with van der Waals surface area (Å²) in [7, 11) is -3.99. The van der Waals surface area contributed by atoms with Crippen molar-refractivity contribution in [1.82, 2.24) is 4.72 Å². The van der Waals surface area contributed by atoms with Crippen molar-refractivity contribution in [3.8, 4) is 0 Å². The maximum Gasteiger partial charge on any atom is 0.421 e. The van der Waals surface area contributed by atoms with Crippen LogP contribution in [0.5, 0.6) is 0 Å². The predicted molar refractivity (Wildman–Crippen MR) is 84.4 cm³/mol. The molecule has 1 aromatic rings. The van der Waals surface area contributed by atoms with E-state index < -0.39 is 16.1 Å². The van der Waals surface area contributed by atoms with E-state index in [-0.39, 0.29) is 16.9 Å². The number of amides is 2. The van der Waals surface area contributed by atoms with Gasteiger partial charge in [0.05, 0.1) is 4.90 Å². The smallest absolute Gasteiger partial charge is 0.421 e. The van der Waals surface area contributed by atoms with Crippen LogP contribution in [0.2, 0.25) is 0 Å². The van der Waals surface area contributed by atoms with Crippen LogP contribution in [0.3, 0.4) is 0 Å². The second kappa shape index (κ2) is 7.45. The lowest BCUT2D eigenvalue weighted by Crippen LogP contribution is -2.34. The standard InChI is InChI=1S/C15H20N2O5S/c1-11(18)16-12-7-9-14(10-8-12)23(20,21)17-15(19)22-13-5-3-2-4-6-13/h7-10,13H,2-6H2,1H3,(H,16,18)(H,17,19). The molecule has 0 aromatic heterocycles. The van der Waals surface area contributed by atoms with Crippen LogP contribution in [0, 0.1) is 0 Å². The topological polar surface area (TPSA) is 102 Å². The summed E-state index contributed by atoms with van der Waals surface area (Å²) in [6.07, 6.45) is 3.42. The van der Waals surface area contributed by atoms with E-state index in [1.54, 1.807) is 0 Å². The fourth-order valence-corrected chi connectivity index (χ4v) is 3.33. The van der Waals surface area contributed by atoms with Crippen molar-refractivity contribution in [1.29, 1.82) is 0 Å². The lowest BCUT2D eigenvalue weighted by Gasteiger charge is -2.21. The molecule has 0 heterocycles. The molecular formula is C15H20N2O5S. The van der Waals surface area contributed by atoms with E-state index in [0.29, 0.717) is 5.69 Å². The predicted octanol–water partition coefficient (Wildman–Crippen LogP) is 2.39. The highest BCUT2D eigenvalue weighted by Gasteiger charge is 2.22. The summed E-state index contributed by atoms with van der Waals surface area (Å²) in [6, 6.07) is 5.51. The number of hydrogen-bond donors (Lipinski definition) is 2. The highest BCUT2D eigenvalue weighted by Crippen LogP contribution is 2.20. The Bertz CT molecular complexity index is 664. The fourth-order valence-electron chi connectivity index (χ4n) is 2.45. The Hall–Kier alpha value is -2.09. The molecule has 1 aromatic carbocycles. The molecule has 1 aliphatic rings. The maximum absolute atomic E-state index is 12.1. The van der Waals surface area contributed by atoms with Gasteiger partial charge in [-0.05, 0) is 49.9 Å². The van der Waals surface area contributed by atoms with Gasteiger partial charge in [0.1, 0.15) is 6.10 Å². The van der Waals surface area contributed by atoms with Gasteiger partial charge < -0.3 is 10.1 Å². The average molecular weight is 340 g/mol. The molecule has 0 bridgehead atoms. The summed E-state index contributed by atoms with van der Waals surface area (Å²) in [5.41, 5.74) is 0.473. The zero-order valence-corrected chi connectivity index (χ0v) is 13.7. The third kappa shape index (κ3) is 5.24. The summed E-state index contributed by atoms with van der Waals surface area (Å²) < 4.78 is 31.3. The largest absolute Gasteiger partial charge is 0.446 e. The van der Waals surface area contributed by atoms with E-state index in [2.05, 4.69) is 5.32 Å². The monoisotopic (exact) mass is 340 g/mol. The molecule has 126 valence electrons. The van der Waals surface area contributed by atoms with Gasteiger partial charge in [0, 0.05) is 12.6 Å². The first kappa shape index (κ1) is 17.3. The minimum absolute atomic E-state index is 0.0767. The highest BCUT2D eigenvalue weighted by molar-refractivity contribution is 7.90. The summed E-state index contributed by atoms with van der Waals surface area (Å²) in [5, 5.41) is 2.53. The molecule has 23 heavy (non-hydrogen) atoms. The van der Waals surface area contributed by atoms with Crippen molar-refractivity contribution in [3.63, 3.8) is 0 Å². The van der Waals surface area contributed by atoms with E-state index in [9.17, 15) is 18.0 Å². The van der Waals surface area contributed by atoms with Crippen LogP contribution in [0.1, 0.15) is 39.0 Å². The maximum atomic E-state index is 12.1. The van der Waals surface area contributed by atoms with E-state index in [1.165, 1.54) is 31.2 Å². The van der Waals surface area contributed by atoms with Crippen molar-refractivity contribution in [3.05, 3.63) is 24.3 Å². The van der Waals surface area contributed by atoms with Crippen molar-refractivity contribution in [2.24, 2.45) is 0 Å². The summed E-state index contributed by atoms with van der Waals surface area (Å²) in [6.45, 7) is 1.35. The van der Waals surface area contributed by atoms with Crippen LogP contribution < -0.4 is 10.0 Å². The summed E-state index contributed by atoms with van der Waals surface area (Å²) in [5.74, 6) is -0.255. The van der Waals surface area contributed by atoms with Gasteiger partial charge in [-0.15, -0.1) is 0 Å². The van der Waals surface area contributed by atoms with Crippen molar-refractivity contribution < 1.29 is 22.7 Å². The molecule has 2 amide bonds. The lowest BCUT2D eigenvalue weighted by molar-refractivity contribution is -0.114. The van der Waals surface area contributed by atoms with Gasteiger partial charge in [-0.2, -0.15) is 0 Å².